The van der Waals surface area contributed by atoms with Crippen LogP contribution in [-0.2, 0) is 14.8 Å². The molecule has 1 aromatic rings. The second kappa shape index (κ2) is 4.37. The van der Waals surface area contributed by atoms with Gasteiger partial charge in [-0.05, 0) is 31.5 Å². The standard InChI is InChI=1S/C12H14N2O3S/c15-18(16)11-6-2-1-5-10(11)12(14-18)17-8-9-4-3-7-13-9/h1-2,5-6,9,13H,3-4,7-8H2/t9-/m1/s1. The van der Waals surface area contributed by atoms with Crippen LogP contribution in [0, 0.1) is 0 Å². The van der Waals surface area contributed by atoms with Crippen molar-refractivity contribution in [2.75, 3.05) is 13.2 Å². The Kier molecular flexibility index (Phi) is 2.83. The third-order valence-electron chi connectivity index (χ3n) is 3.18. The summed E-state index contributed by atoms with van der Waals surface area (Å²) in [5, 5.41) is 3.30. The Bertz CT molecular complexity index is 589. The summed E-state index contributed by atoms with van der Waals surface area (Å²) >= 11 is 0. The van der Waals surface area contributed by atoms with Crippen LogP contribution in [0.15, 0.2) is 33.6 Å². The van der Waals surface area contributed by atoms with Gasteiger partial charge in [-0.1, -0.05) is 12.1 Å². The lowest BCUT2D eigenvalue weighted by Gasteiger charge is -2.11. The van der Waals surface area contributed by atoms with Crippen molar-refractivity contribution in [2.45, 2.75) is 23.8 Å². The van der Waals surface area contributed by atoms with Gasteiger partial charge in [0, 0.05) is 6.04 Å². The number of hydrogen-bond donors (Lipinski definition) is 1. The molecule has 0 bridgehead atoms. The zero-order valence-corrected chi connectivity index (χ0v) is 10.6. The van der Waals surface area contributed by atoms with Crippen molar-refractivity contribution in [1.29, 1.82) is 0 Å². The largest absolute Gasteiger partial charge is 0.475 e. The molecular weight excluding hydrogens is 252 g/mol. The van der Waals surface area contributed by atoms with Crippen LogP contribution in [0.1, 0.15) is 18.4 Å². The van der Waals surface area contributed by atoms with E-state index >= 15 is 0 Å². The number of benzene rings is 1. The van der Waals surface area contributed by atoms with Gasteiger partial charge in [0.05, 0.1) is 5.56 Å². The maximum Gasteiger partial charge on any atom is 0.286 e. The van der Waals surface area contributed by atoms with E-state index in [1.807, 2.05) is 0 Å². The number of rotatable bonds is 2. The highest BCUT2D eigenvalue weighted by Crippen LogP contribution is 2.26. The van der Waals surface area contributed by atoms with E-state index in [1.165, 1.54) is 0 Å². The quantitative estimate of drug-likeness (QED) is 0.863. The van der Waals surface area contributed by atoms with Gasteiger partial charge in [-0.2, -0.15) is 8.42 Å². The third-order valence-corrected chi connectivity index (χ3v) is 4.50. The highest BCUT2D eigenvalue weighted by molar-refractivity contribution is 7.90. The topological polar surface area (TPSA) is 67.8 Å². The maximum atomic E-state index is 11.8. The molecule has 0 spiro atoms. The SMILES string of the molecule is O=S1(=O)N=C(OC[C@H]2CCCN2)c2ccccc21. The molecular formula is C12H14N2O3S. The first kappa shape index (κ1) is 11.7. The van der Waals surface area contributed by atoms with Crippen LogP contribution in [0.4, 0.5) is 0 Å². The molecule has 0 aromatic heterocycles. The van der Waals surface area contributed by atoms with Gasteiger partial charge in [0.2, 0.25) is 5.90 Å². The smallest absolute Gasteiger partial charge is 0.286 e. The Balaban J connectivity index is 1.81. The lowest BCUT2D eigenvalue weighted by atomic mass is 10.2. The minimum Gasteiger partial charge on any atom is -0.475 e. The first-order valence-electron chi connectivity index (χ1n) is 5.97. The normalized spacial score (nSPS) is 24.7. The Morgan fingerprint density at radius 2 is 2.22 bits per heavy atom. The summed E-state index contributed by atoms with van der Waals surface area (Å²) < 4.78 is 32.8. The Morgan fingerprint density at radius 1 is 1.39 bits per heavy atom. The predicted molar refractivity (Wildman–Crippen MR) is 67.1 cm³/mol. The van der Waals surface area contributed by atoms with E-state index in [1.54, 1.807) is 24.3 Å². The number of nitrogens with one attached hydrogen (secondary N) is 1. The van der Waals surface area contributed by atoms with Gasteiger partial charge < -0.3 is 10.1 Å². The predicted octanol–water partition coefficient (Wildman–Crippen LogP) is 0.904. The molecule has 0 radical (unpaired) electrons. The summed E-state index contributed by atoms with van der Waals surface area (Å²) in [4.78, 5) is 0.236. The molecule has 1 saturated heterocycles. The average molecular weight is 266 g/mol. The van der Waals surface area contributed by atoms with Gasteiger partial charge >= 0.3 is 0 Å². The molecule has 1 N–H and O–H groups in total. The minimum atomic E-state index is -3.56. The summed E-state index contributed by atoms with van der Waals surface area (Å²) in [6, 6.07) is 7.04. The molecule has 0 amide bonds. The van der Waals surface area contributed by atoms with Gasteiger partial charge in [0.15, 0.2) is 0 Å². The van der Waals surface area contributed by atoms with E-state index in [9.17, 15) is 8.42 Å². The molecule has 18 heavy (non-hydrogen) atoms. The molecule has 2 aliphatic heterocycles. The van der Waals surface area contributed by atoms with Crippen LogP contribution < -0.4 is 5.32 Å². The first-order chi connectivity index (χ1) is 8.67. The summed E-state index contributed by atoms with van der Waals surface area (Å²) in [5.41, 5.74) is 0.565. The van der Waals surface area contributed by atoms with Crippen molar-refractivity contribution >= 4 is 15.9 Å². The summed E-state index contributed by atoms with van der Waals surface area (Å²) in [6.45, 7) is 1.46. The first-order valence-corrected chi connectivity index (χ1v) is 7.41. The van der Waals surface area contributed by atoms with E-state index < -0.39 is 10.0 Å². The molecule has 1 aromatic carbocycles. The van der Waals surface area contributed by atoms with Gasteiger partial charge in [0.25, 0.3) is 10.0 Å². The molecule has 2 aliphatic rings. The van der Waals surface area contributed by atoms with Crippen molar-refractivity contribution in [3.8, 4) is 0 Å². The summed E-state index contributed by atoms with van der Waals surface area (Å²) in [5.74, 6) is 0.222. The maximum absolute atomic E-state index is 11.8. The lowest BCUT2D eigenvalue weighted by Crippen LogP contribution is -2.28. The Morgan fingerprint density at radius 3 is 3.00 bits per heavy atom. The van der Waals surface area contributed by atoms with Crippen LogP contribution in [0.3, 0.4) is 0 Å². The highest BCUT2D eigenvalue weighted by Gasteiger charge is 2.30. The molecule has 1 fully saturated rings. The molecule has 0 unspecified atom stereocenters. The third kappa shape index (κ3) is 2.02. The van der Waals surface area contributed by atoms with E-state index in [4.69, 9.17) is 4.74 Å². The number of ether oxygens (including phenoxy) is 1. The number of sulfonamides is 1. The summed E-state index contributed by atoms with van der Waals surface area (Å²) in [7, 11) is -3.56. The highest BCUT2D eigenvalue weighted by atomic mass is 32.2. The molecule has 96 valence electrons. The monoisotopic (exact) mass is 266 g/mol. The fraction of sp³-hybridized carbons (Fsp3) is 0.417. The molecule has 0 saturated carbocycles. The van der Waals surface area contributed by atoms with Gasteiger partial charge in [0.1, 0.15) is 11.5 Å². The van der Waals surface area contributed by atoms with Crippen molar-refractivity contribution < 1.29 is 13.2 Å². The zero-order valence-electron chi connectivity index (χ0n) is 9.80. The fourth-order valence-corrected chi connectivity index (χ4v) is 3.41. The van der Waals surface area contributed by atoms with E-state index in [0.717, 1.165) is 19.4 Å². The van der Waals surface area contributed by atoms with Crippen molar-refractivity contribution in [3.63, 3.8) is 0 Å². The second-order valence-electron chi connectivity index (χ2n) is 4.47. The second-order valence-corrected chi connectivity index (χ2v) is 6.04. The van der Waals surface area contributed by atoms with Crippen LogP contribution in [0.5, 0.6) is 0 Å². The number of nitrogens with zero attached hydrogens (tertiary/aromatic N) is 1. The molecule has 1 atom stereocenters. The van der Waals surface area contributed by atoms with Crippen molar-refractivity contribution in [2.24, 2.45) is 4.40 Å². The minimum absolute atomic E-state index is 0.222. The van der Waals surface area contributed by atoms with Crippen LogP contribution in [0.2, 0.25) is 0 Å². The number of fused-ring (bicyclic) bond motifs is 1. The lowest BCUT2D eigenvalue weighted by molar-refractivity contribution is 0.267. The van der Waals surface area contributed by atoms with Crippen LogP contribution in [-0.4, -0.2) is 33.5 Å². The molecule has 2 heterocycles. The fourth-order valence-electron chi connectivity index (χ4n) is 2.26. The van der Waals surface area contributed by atoms with E-state index in [-0.39, 0.29) is 10.8 Å². The van der Waals surface area contributed by atoms with Gasteiger partial charge in [-0.15, -0.1) is 4.40 Å². The van der Waals surface area contributed by atoms with Crippen LogP contribution in [0.25, 0.3) is 0 Å². The van der Waals surface area contributed by atoms with Gasteiger partial charge in [-0.25, -0.2) is 0 Å². The van der Waals surface area contributed by atoms with Gasteiger partial charge in [-0.3, -0.25) is 0 Å². The molecule has 6 heteroatoms. The van der Waals surface area contributed by atoms with Crippen LogP contribution >= 0.6 is 0 Å². The van der Waals surface area contributed by atoms with E-state index in [0.29, 0.717) is 18.2 Å². The van der Waals surface area contributed by atoms with Crippen molar-refractivity contribution in [3.05, 3.63) is 29.8 Å². The molecule has 3 rings (SSSR count). The Hall–Kier alpha value is -1.40. The average Bonchev–Trinajstić information content (AvgIpc) is 2.95. The molecule has 0 aliphatic carbocycles. The van der Waals surface area contributed by atoms with Crippen molar-refractivity contribution in [1.82, 2.24) is 5.32 Å². The van der Waals surface area contributed by atoms with E-state index in [2.05, 4.69) is 9.71 Å². The molecule has 5 nitrogen and oxygen atoms in total. The Labute approximate surface area is 106 Å². The number of hydrogen-bond acceptors (Lipinski definition) is 4. The summed E-state index contributed by atoms with van der Waals surface area (Å²) in [6.07, 6.45) is 2.19. The zero-order chi connectivity index (χ0) is 12.6.